The van der Waals surface area contributed by atoms with E-state index in [1.165, 1.54) is 37.7 Å². The molecule has 0 unspecified atom stereocenters. The average Bonchev–Trinajstić information content (AvgIpc) is 2.69. The van der Waals surface area contributed by atoms with Gasteiger partial charge in [-0.3, -0.25) is 14.6 Å². The number of rotatable bonds is 7. The number of benzene rings is 1. The van der Waals surface area contributed by atoms with Gasteiger partial charge in [0.05, 0.1) is 6.54 Å². The Morgan fingerprint density at radius 1 is 1.00 bits per heavy atom. The molecule has 1 aliphatic carbocycles. The molecule has 142 valence electrons. The first-order valence-electron chi connectivity index (χ1n) is 10.2. The number of nitrogens with zero attached hydrogens (tertiary/aromatic N) is 2. The van der Waals surface area contributed by atoms with E-state index in [-0.39, 0.29) is 5.91 Å². The SMILES string of the molecule is O=C(CN1CCN(C/C=C/c2ccccc2)CC1)NCC1CCCCC1. The number of hydrogen-bond acceptors (Lipinski definition) is 3. The summed E-state index contributed by atoms with van der Waals surface area (Å²) < 4.78 is 0. The summed E-state index contributed by atoms with van der Waals surface area (Å²) in [4.78, 5) is 16.9. The smallest absolute Gasteiger partial charge is 0.234 e. The van der Waals surface area contributed by atoms with Crippen molar-refractivity contribution in [3.63, 3.8) is 0 Å². The van der Waals surface area contributed by atoms with Gasteiger partial charge in [-0.05, 0) is 24.3 Å². The maximum atomic E-state index is 12.2. The molecular weight excluding hydrogens is 322 g/mol. The Kier molecular flexibility index (Phi) is 7.71. The van der Waals surface area contributed by atoms with Crippen molar-refractivity contribution in [3.8, 4) is 0 Å². The molecule has 0 spiro atoms. The molecule has 0 aromatic heterocycles. The van der Waals surface area contributed by atoms with Gasteiger partial charge in [0.1, 0.15) is 0 Å². The summed E-state index contributed by atoms with van der Waals surface area (Å²) >= 11 is 0. The highest BCUT2D eigenvalue weighted by Gasteiger charge is 2.19. The van der Waals surface area contributed by atoms with E-state index in [0.29, 0.717) is 12.5 Å². The van der Waals surface area contributed by atoms with E-state index in [0.717, 1.165) is 39.3 Å². The van der Waals surface area contributed by atoms with E-state index in [1.807, 2.05) is 6.07 Å². The third kappa shape index (κ3) is 6.58. The molecule has 1 saturated heterocycles. The Balaban J connectivity index is 1.29. The van der Waals surface area contributed by atoms with Gasteiger partial charge in [0.25, 0.3) is 0 Å². The van der Waals surface area contributed by atoms with Crippen molar-refractivity contribution >= 4 is 12.0 Å². The van der Waals surface area contributed by atoms with Gasteiger partial charge >= 0.3 is 0 Å². The summed E-state index contributed by atoms with van der Waals surface area (Å²) in [5.74, 6) is 0.911. The highest BCUT2D eigenvalue weighted by Crippen LogP contribution is 2.22. The first-order chi connectivity index (χ1) is 12.8. The van der Waals surface area contributed by atoms with E-state index >= 15 is 0 Å². The van der Waals surface area contributed by atoms with E-state index in [2.05, 4.69) is 51.5 Å². The van der Waals surface area contributed by atoms with Gasteiger partial charge in [0, 0.05) is 39.3 Å². The summed E-state index contributed by atoms with van der Waals surface area (Å²) in [6.45, 7) is 6.45. The van der Waals surface area contributed by atoms with Crippen molar-refractivity contribution in [2.75, 3.05) is 45.8 Å². The first-order valence-corrected chi connectivity index (χ1v) is 10.2. The second-order valence-corrected chi connectivity index (χ2v) is 7.70. The van der Waals surface area contributed by atoms with Crippen molar-refractivity contribution in [1.82, 2.24) is 15.1 Å². The van der Waals surface area contributed by atoms with Crippen molar-refractivity contribution in [3.05, 3.63) is 42.0 Å². The van der Waals surface area contributed by atoms with Crippen LogP contribution in [0.3, 0.4) is 0 Å². The molecule has 0 bridgehead atoms. The van der Waals surface area contributed by atoms with Crippen LogP contribution >= 0.6 is 0 Å². The number of nitrogens with one attached hydrogen (secondary N) is 1. The van der Waals surface area contributed by atoms with Crippen LogP contribution in [0.2, 0.25) is 0 Å². The van der Waals surface area contributed by atoms with Gasteiger partial charge in [0.2, 0.25) is 5.91 Å². The maximum Gasteiger partial charge on any atom is 0.234 e. The minimum atomic E-state index is 0.202. The fraction of sp³-hybridized carbons (Fsp3) is 0.591. The fourth-order valence-electron chi connectivity index (χ4n) is 3.94. The molecule has 3 rings (SSSR count). The van der Waals surface area contributed by atoms with Crippen LogP contribution in [0.1, 0.15) is 37.7 Å². The molecule has 4 nitrogen and oxygen atoms in total. The summed E-state index contributed by atoms with van der Waals surface area (Å²) in [7, 11) is 0. The summed E-state index contributed by atoms with van der Waals surface area (Å²) in [6.07, 6.45) is 11.0. The third-order valence-electron chi connectivity index (χ3n) is 5.62. The minimum absolute atomic E-state index is 0.202. The summed E-state index contributed by atoms with van der Waals surface area (Å²) in [6, 6.07) is 10.4. The van der Waals surface area contributed by atoms with Crippen molar-refractivity contribution in [2.45, 2.75) is 32.1 Å². The lowest BCUT2D eigenvalue weighted by Crippen LogP contribution is -2.49. The lowest BCUT2D eigenvalue weighted by molar-refractivity contribution is -0.122. The molecule has 1 amide bonds. The Morgan fingerprint density at radius 3 is 2.42 bits per heavy atom. The molecule has 1 aromatic carbocycles. The molecule has 2 fully saturated rings. The van der Waals surface area contributed by atoms with Crippen LogP contribution in [0.25, 0.3) is 6.08 Å². The van der Waals surface area contributed by atoms with Crippen LogP contribution in [0.4, 0.5) is 0 Å². The largest absolute Gasteiger partial charge is 0.355 e. The molecular formula is C22H33N3O. The lowest BCUT2D eigenvalue weighted by atomic mass is 9.89. The zero-order chi connectivity index (χ0) is 18.0. The van der Waals surface area contributed by atoms with Crippen LogP contribution in [0.15, 0.2) is 36.4 Å². The Labute approximate surface area is 158 Å². The quantitative estimate of drug-likeness (QED) is 0.817. The predicted molar refractivity (Wildman–Crippen MR) is 108 cm³/mol. The molecule has 1 heterocycles. The second-order valence-electron chi connectivity index (χ2n) is 7.70. The average molecular weight is 356 g/mol. The number of amides is 1. The zero-order valence-electron chi connectivity index (χ0n) is 15.9. The van der Waals surface area contributed by atoms with Crippen LogP contribution in [-0.2, 0) is 4.79 Å². The van der Waals surface area contributed by atoms with Crippen LogP contribution in [-0.4, -0.2) is 61.5 Å². The van der Waals surface area contributed by atoms with E-state index in [1.54, 1.807) is 0 Å². The van der Waals surface area contributed by atoms with Crippen LogP contribution in [0.5, 0.6) is 0 Å². The maximum absolute atomic E-state index is 12.2. The molecule has 1 N–H and O–H groups in total. The molecule has 1 saturated carbocycles. The van der Waals surface area contributed by atoms with Gasteiger partial charge in [-0.25, -0.2) is 0 Å². The van der Waals surface area contributed by atoms with Crippen molar-refractivity contribution < 1.29 is 4.79 Å². The normalized spacial score (nSPS) is 20.5. The van der Waals surface area contributed by atoms with E-state index in [4.69, 9.17) is 0 Å². The Morgan fingerprint density at radius 2 is 1.69 bits per heavy atom. The summed E-state index contributed by atoms with van der Waals surface area (Å²) in [5.41, 5.74) is 1.25. The number of carbonyl (C=O) groups excluding carboxylic acids is 1. The number of piperazine rings is 1. The summed E-state index contributed by atoms with van der Waals surface area (Å²) in [5, 5.41) is 3.16. The van der Waals surface area contributed by atoms with Gasteiger partial charge in [-0.2, -0.15) is 0 Å². The Hall–Kier alpha value is -1.65. The molecule has 0 atom stereocenters. The minimum Gasteiger partial charge on any atom is -0.355 e. The monoisotopic (exact) mass is 355 g/mol. The topological polar surface area (TPSA) is 35.6 Å². The van der Waals surface area contributed by atoms with Gasteiger partial charge in [0.15, 0.2) is 0 Å². The standard InChI is InChI=1S/C22H33N3O/c26-22(23-18-21-10-5-2-6-11-21)19-25-16-14-24(15-17-25)13-7-12-20-8-3-1-4-9-20/h1,3-4,7-9,12,21H,2,5-6,10-11,13-19H2,(H,23,26)/b12-7+. The molecule has 4 heteroatoms. The fourth-order valence-corrected chi connectivity index (χ4v) is 3.94. The van der Waals surface area contributed by atoms with Crippen molar-refractivity contribution in [1.29, 1.82) is 0 Å². The van der Waals surface area contributed by atoms with E-state index in [9.17, 15) is 4.79 Å². The Bertz CT molecular complexity index is 558. The van der Waals surface area contributed by atoms with Crippen molar-refractivity contribution in [2.24, 2.45) is 5.92 Å². The number of hydrogen-bond donors (Lipinski definition) is 1. The number of carbonyl (C=O) groups is 1. The van der Waals surface area contributed by atoms with Gasteiger partial charge in [-0.1, -0.05) is 61.7 Å². The zero-order valence-corrected chi connectivity index (χ0v) is 15.9. The highest BCUT2D eigenvalue weighted by atomic mass is 16.2. The van der Waals surface area contributed by atoms with Crippen LogP contribution in [0, 0.1) is 5.92 Å². The third-order valence-corrected chi connectivity index (χ3v) is 5.62. The molecule has 2 aliphatic rings. The molecule has 1 aromatic rings. The molecule has 0 radical (unpaired) electrons. The second kappa shape index (κ2) is 10.5. The van der Waals surface area contributed by atoms with Gasteiger partial charge in [-0.15, -0.1) is 0 Å². The van der Waals surface area contributed by atoms with E-state index < -0.39 is 0 Å². The first kappa shape index (κ1) is 19.1. The van der Waals surface area contributed by atoms with Gasteiger partial charge < -0.3 is 5.32 Å². The predicted octanol–water partition coefficient (Wildman–Crippen LogP) is 3.01. The molecule has 26 heavy (non-hydrogen) atoms. The highest BCUT2D eigenvalue weighted by molar-refractivity contribution is 5.78. The molecule has 1 aliphatic heterocycles. The van der Waals surface area contributed by atoms with Crippen LogP contribution < -0.4 is 5.32 Å². The lowest BCUT2D eigenvalue weighted by Gasteiger charge is -2.33.